The van der Waals surface area contributed by atoms with Crippen molar-refractivity contribution in [2.24, 2.45) is 22.5 Å². The van der Waals surface area contributed by atoms with E-state index >= 15 is 9.59 Å². The molecule has 7 aromatic rings. The molecule has 10 bridgehead atoms. The van der Waals surface area contributed by atoms with Crippen molar-refractivity contribution >= 4 is 82.1 Å². The second-order valence-electron chi connectivity index (χ2n) is 30.9. The Hall–Kier alpha value is -11.2. The molecule has 0 aliphatic carbocycles. The van der Waals surface area contributed by atoms with Gasteiger partial charge in [-0.2, -0.15) is 0 Å². The SMILES string of the molecule is CNC(CC(C)C)C(=O)NC1C(=O)NC(CC(N)=O)C(=O)NC(C)C(=O)NC2C(=O)NC(C(=O)NC(C(=O)NCCCCN)c3cc(O)cc(O)c3-c3cc2ccc3O)C(O)c2ccc(c(Cl)c2)Oc2cccc(c2OC2OC(CN=[N+]=[N-])C(O)C(O)C2OC2CC(C)(NCc3ccc(-c4ccc(Cl)cc4)cc3)C(O)C(C)O2)Oc2ccc(cc2Cl)C1O. The van der Waals surface area contributed by atoms with Gasteiger partial charge in [0.1, 0.15) is 89.4 Å². The number of nitrogens with two attached hydrogens (primary N) is 2. The number of phenols is 3. The summed E-state index contributed by atoms with van der Waals surface area (Å²) in [4.78, 5) is 120. The number of fused-ring (bicyclic) bond motifs is 6. The molecule has 7 aromatic carbocycles. The summed E-state index contributed by atoms with van der Waals surface area (Å²) >= 11 is 20.5. The average Bonchev–Trinajstić information content (AvgIpc) is 0.761. The van der Waals surface area contributed by atoms with Crippen molar-refractivity contribution in [3.63, 3.8) is 0 Å². The van der Waals surface area contributed by atoms with Crippen LogP contribution in [0.15, 0.2) is 139 Å². The Balaban J connectivity index is 1.03. The van der Waals surface area contributed by atoms with Crippen LogP contribution in [0.3, 0.4) is 0 Å². The van der Waals surface area contributed by atoms with E-state index in [1.54, 1.807) is 26.0 Å². The van der Waals surface area contributed by atoms with Gasteiger partial charge in [0.25, 0.3) is 0 Å². The quantitative estimate of drug-likeness (QED) is 0.0168. The number of aliphatic hydroxyl groups excluding tert-OH is 5. The van der Waals surface area contributed by atoms with E-state index in [-0.39, 0.29) is 99.3 Å². The highest BCUT2D eigenvalue weighted by molar-refractivity contribution is 6.32. The fourth-order valence-corrected chi connectivity index (χ4v) is 15.3. The number of phenolic OH excluding ortho intramolecular Hbond substituents is 3. The lowest BCUT2D eigenvalue weighted by Crippen LogP contribution is -2.65. The molecule has 2 saturated heterocycles. The van der Waals surface area contributed by atoms with Gasteiger partial charge in [-0.05, 0) is 171 Å². The highest BCUT2D eigenvalue weighted by Gasteiger charge is 2.52. The summed E-state index contributed by atoms with van der Waals surface area (Å²) < 4.78 is 39.3. The second kappa shape index (κ2) is 40.9. The van der Waals surface area contributed by atoms with E-state index in [2.05, 4.69) is 57.9 Å². The van der Waals surface area contributed by atoms with Crippen LogP contribution in [0.25, 0.3) is 32.7 Å². The average molecular weight is 1760 g/mol. The Kier molecular flexibility index (Phi) is 30.8. The minimum absolute atomic E-state index is 0.0336. The first-order valence-corrected chi connectivity index (χ1v) is 40.6. The van der Waals surface area contributed by atoms with E-state index in [9.17, 15) is 75.2 Å². The van der Waals surface area contributed by atoms with Gasteiger partial charge >= 0.3 is 0 Å². The number of likely N-dealkylation sites (N-methyl/N-ethyl adjacent to an activating group) is 1. The van der Waals surface area contributed by atoms with Gasteiger partial charge in [-0.15, -0.1) is 0 Å². The predicted octanol–water partition coefficient (Wildman–Crippen LogP) is 5.68. The topological polar surface area (TPSA) is 563 Å². The number of aliphatic hydroxyl groups is 5. The Bertz CT molecular complexity index is 5090. The molecule has 8 amide bonds. The number of azide groups is 1. The number of carbonyl (C=O) groups is 8. The number of para-hydroxylation sites is 1. The molecular weight excluding hydrogens is 1660 g/mol. The summed E-state index contributed by atoms with van der Waals surface area (Å²) in [7, 11) is 1.48. The molecule has 656 valence electrons. The van der Waals surface area contributed by atoms with Crippen LogP contribution in [0.4, 0.5) is 0 Å². The number of hydrogen-bond acceptors (Lipinski definition) is 26. The second-order valence-corrected chi connectivity index (χ2v) is 32.1. The van der Waals surface area contributed by atoms with E-state index in [1.165, 1.54) is 49.5 Å². The number of hydrogen-bond donors (Lipinski definition) is 19. The summed E-state index contributed by atoms with van der Waals surface area (Å²) in [6, 6.07) is 18.5. The van der Waals surface area contributed by atoms with Crippen LogP contribution in [0, 0.1) is 5.92 Å². The lowest BCUT2D eigenvalue weighted by molar-refractivity contribution is -0.331. The lowest BCUT2D eigenvalue weighted by atomic mass is 9.84. The fourth-order valence-electron chi connectivity index (χ4n) is 14.7. The summed E-state index contributed by atoms with van der Waals surface area (Å²) in [6.07, 6.45) is -17.0. The molecule has 0 aromatic heterocycles. The van der Waals surface area contributed by atoms with Crippen molar-refractivity contribution in [1.82, 2.24) is 47.9 Å². The Labute approximate surface area is 720 Å². The number of carbonyl (C=O) groups excluding carboxylic acids is 8. The third-order valence-corrected chi connectivity index (χ3v) is 22.3. The molecule has 13 rings (SSSR count). The third kappa shape index (κ3) is 22.3. The van der Waals surface area contributed by atoms with Gasteiger partial charge in [0.05, 0.1) is 47.4 Å². The lowest BCUT2D eigenvalue weighted by Gasteiger charge is -2.48. The fraction of sp³-hybridized carbons (Fsp3) is 0.405. The van der Waals surface area contributed by atoms with Crippen LogP contribution < -0.4 is 73.5 Å². The van der Waals surface area contributed by atoms with Gasteiger partial charge in [0.15, 0.2) is 23.9 Å². The van der Waals surface area contributed by atoms with E-state index < -0.39 is 198 Å². The maximum atomic E-state index is 15.4. The van der Waals surface area contributed by atoms with Gasteiger partial charge in [-0.3, -0.25) is 38.4 Å². The zero-order valence-corrected chi connectivity index (χ0v) is 69.6. The molecule has 36 nitrogen and oxygen atoms in total. The minimum Gasteiger partial charge on any atom is -0.508 e. The minimum atomic E-state index is -2.26. The normalized spacial score (nSPS) is 26.0. The van der Waals surface area contributed by atoms with Crippen LogP contribution in [0.2, 0.25) is 15.1 Å². The molecule has 6 aliphatic rings. The molecule has 0 radical (unpaired) electrons. The first-order chi connectivity index (χ1) is 58.6. The molecule has 123 heavy (non-hydrogen) atoms. The zero-order valence-electron chi connectivity index (χ0n) is 67.4. The number of primary amides is 1. The molecule has 18 atom stereocenters. The summed E-state index contributed by atoms with van der Waals surface area (Å²) in [5.74, 6) is -13.1. The summed E-state index contributed by atoms with van der Waals surface area (Å²) in [5, 5.41) is 123. The molecule has 0 spiro atoms. The number of amides is 8. The van der Waals surface area contributed by atoms with Crippen molar-refractivity contribution in [2.45, 2.75) is 183 Å². The molecular formula is C84H97Cl3N14O22. The molecule has 0 saturated carbocycles. The standard InChI is InChI=1S/C84H97Cl3N14O22/c1-38(2)28-53(91-6)77(112)99-67-69(106)45-19-24-57(51(86)30-45)119-59-10-9-11-60(73(59)123-83-74(72(109)71(108)61(121-83)37-94-101-90)122-63-35-84(5,75(110)40(4)118-63)93-36-41-12-14-42(15-13-41)43-16-21-47(85)22-17-43)120-58-25-20-46(31-52(58)87)70(107)68-82(117)98-66(79(114)92-27-8-7-26-88)50-32-48(102)33-56(104)64(50)49-29-44(18-23-55(49)103)65(80(115)100-68)97-76(111)39(3)95-78(113)54(34-62(89)105)96-81(67)116/h9-25,29-33,38-40,53-54,61,63,65-72,74-75,83,91,93,102-104,106-110H,7-8,26-28,34-37,88H2,1-6H3,(H2,89,105)(H,92,114)(H,95,113)(H,96,116)(H,97,111)(H,98,117)(H,99,112)(H,100,115). The molecule has 39 heteroatoms. The number of nitrogens with zero attached hydrogens (tertiary/aromatic N) is 3. The third-order valence-electron chi connectivity index (χ3n) is 21.4. The molecule has 6 aliphatic heterocycles. The van der Waals surface area contributed by atoms with E-state index in [0.29, 0.717) is 17.9 Å². The van der Waals surface area contributed by atoms with E-state index in [1.807, 2.05) is 50.2 Å². The first-order valence-electron chi connectivity index (χ1n) is 39.4. The summed E-state index contributed by atoms with van der Waals surface area (Å²) in [6.45, 7) is 7.95. The predicted molar refractivity (Wildman–Crippen MR) is 446 cm³/mol. The Morgan fingerprint density at radius 3 is 1.97 bits per heavy atom. The number of halogens is 3. The molecule has 6 heterocycles. The number of aromatic hydroxyl groups is 3. The molecule has 2 fully saturated rings. The number of benzene rings is 7. The maximum Gasteiger partial charge on any atom is 0.247 e. The van der Waals surface area contributed by atoms with Crippen molar-refractivity contribution in [3.8, 4) is 68.2 Å². The monoisotopic (exact) mass is 1760 g/mol. The van der Waals surface area contributed by atoms with Gasteiger partial charge in [-0.25, -0.2) is 0 Å². The van der Waals surface area contributed by atoms with Crippen LogP contribution in [0.5, 0.6) is 46.0 Å². The highest BCUT2D eigenvalue weighted by atomic mass is 35.5. The van der Waals surface area contributed by atoms with Crippen LogP contribution in [-0.2, 0) is 59.1 Å². The van der Waals surface area contributed by atoms with Gasteiger partial charge in [-0.1, -0.05) is 114 Å². The van der Waals surface area contributed by atoms with Gasteiger partial charge in [0, 0.05) is 52.2 Å². The van der Waals surface area contributed by atoms with Crippen LogP contribution >= 0.6 is 34.8 Å². The van der Waals surface area contributed by atoms with E-state index in [0.717, 1.165) is 66.1 Å². The summed E-state index contributed by atoms with van der Waals surface area (Å²) in [5.41, 5.74) is 20.7. The Morgan fingerprint density at radius 2 is 1.35 bits per heavy atom. The van der Waals surface area contributed by atoms with Crippen molar-refractivity contribution in [2.75, 3.05) is 26.7 Å². The number of ether oxygens (including phenoxy) is 6. The number of unbranched alkanes of at least 4 members (excludes halogenated alkanes) is 1. The first kappa shape index (κ1) is 92.6. The largest absolute Gasteiger partial charge is 0.508 e. The van der Waals surface area contributed by atoms with E-state index in [4.69, 9.17) is 74.7 Å². The van der Waals surface area contributed by atoms with Gasteiger partial charge in [0.2, 0.25) is 59.3 Å². The molecule has 18 unspecified atom stereocenters. The number of nitrogens with one attached hydrogen (secondary N) is 9. The highest BCUT2D eigenvalue weighted by Crippen LogP contribution is 2.49. The van der Waals surface area contributed by atoms with Gasteiger partial charge < -0.3 is 129 Å². The van der Waals surface area contributed by atoms with Crippen LogP contribution in [0.1, 0.15) is 119 Å². The zero-order chi connectivity index (χ0) is 89.0. The maximum absolute atomic E-state index is 15.4. The molecule has 21 N–H and O–H groups in total. The van der Waals surface area contributed by atoms with Crippen molar-refractivity contribution in [1.29, 1.82) is 0 Å². The van der Waals surface area contributed by atoms with Crippen molar-refractivity contribution in [3.05, 3.63) is 187 Å². The Morgan fingerprint density at radius 1 is 0.707 bits per heavy atom. The van der Waals surface area contributed by atoms with Crippen molar-refractivity contribution < 1.29 is 108 Å². The smallest absolute Gasteiger partial charge is 0.247 e. The van der Waals surface area contributed by atoms with Crippen LogP contribution in [-0.4, -0.2) is 200 Å². The number of rotatable bonds is 22.